The van der Waals surface area contributed by atoms with Gasteiger partial charge in [0.1, 0.15) is 0 Å². The molecule has 1 aliphatic heterocycles. The van der Waals surface area contributed by atoms with Gasteiger partial charge < -0.3 is 4.90 Å². The molecule has 1 aromatic carbocycles. The van der Waals surface area contributed by atoms with Crippen LogP contribution < -0.4 is 0 Å². The molecule has 1 nitrogen and oxygen atoms in total. The van der Waals surface area contributed by atoms with Crippen LogP contribution in [0.15, 0.2) is 53.8 Å². The van der Waals surface area contributed by atoms with Crippen LogP contribution in [0.25, 0.3) is 5.70 Å². The summed E-state index contributed by atoms with van der Waals surface area (Å²) in [6, 6.07) is 4.36. The Hall–Kier alpha value is -2.23. The van der Waals surface area contributed by atoms with Crippen molar-refractivity contribution in [2.45, 2.75) is 39.8 Å². The zero-order chi connectivity index (χ0) is 19.1. The molecule has 1 heterocycles. The Kier molecular flexibility index (Phi) is 4.87. The van der Waals surface area contributed by atoms with Gasteiger partial charge in [0.25, 0.3) is 0 Å². The van der Waals surface area contributed by atoms with E-state index < -0.39 is 12.6 Å². The van der Waals surface area contributed by atoms with Gasteiger partial charge in [-0.25, -0.2) is 0 Å². The molecule has 2 aliphatic rings. The molecule has 138 valence electrons. The number of allylic oxidation sites excluding steroid dienone is 6. The maximum Gasteiger partial charge on any atom is 0.389 e. The van der Waals surface area contributed by atoms with E-state index in [0.29, 0.717) is 0 Å². The first-order chi connectivity index (χ1) is 12.2. The minimum absolute atomic E-state index is 0.0228. The second-order valence-electron chi connectivity index (χ2n) is 7.23. The Morgan fingerprint density at radius 1 is 1.08 bits per heavy atom. The topological polar surface area (TPSA) is 3.24 Å². The minimum Gasteiger partial charge on any atom is -0.351 e. The summed E-state index contributed by atoms with van der Waals surface area (Å²) in [5, 5.41) is 0. The summed E-state index contributed by atoms with van der Waals surface area (Å²) in [7, 11) is 2.02. The van der Waals surface area contributed by atoms with Crippen molar-refractivity contribution in [2.24, 2.45) is 5.92 Å². The zero-order valence-electron chi connectivity index (χ0n) is 15.6. The first kappa shape index (κ1) is 18.6. The van der Waals surface area contributed by atoms with Crippen LogP contribution in [0.4, 0.5) is 13.2 Å². The van der Waals surface area contributed by atoms with E-state index in [9.17, 15) is 13.2 Å². The predicted octanol–water partition coefficient (Wildman–Crippen LogP) is 6.24. The summed E-state index contributed by atoms with van der Waals surface area (Å²) < 4.78 is 37.6. The second kappa shape index (κ2) is 6.82. The Bertz CT molecular complexity index is 838. The second-order valence-corrected chi connectivity index (χ2v) is 7.23. The van der Waals surface area contributed by atoms with Crippen molar-refractivity contribution in [1.29, 1.82) is 0 Å². The van der Waals surface area contributed by atoms with Gasteiger partial charge in [-0.3, -0.25) is 0 Å². The molecule has 0 spiro atoms. The molecular weight excluding hydrogens is 335 g/mol. The fourth-order valence-corrected chi connectivity index (χ4v) is 3.66. The van der Waals surface area contributed by atoms with Crippen molar-refractivity contribution in [3.05, 3.63) is 76.0 Å². The number of hydrogen-bond acceptors (Lipinski definition) is 1. The van der Waals surface area contributed by atoms with E-state index in [1.165, 1.54) is 22.3 Å². The van der Waals surface area contributed by atoms with E-state index >= 15 is 0 Å². The van der Waals surface area contributed by atoms with E-state index in [-0.39, 0.29) is 12.3 Å². The van der Waals surface area contributed by atoms with Gasteiger partial charge in [0.05, 0.1) is 5.70 Å². The molecule has 1 atom stereocenters. The number of alkyl halides is 3. The molecule has 0 radical (unpaired) electrons. The average Bonchev–Trinajstić information content (AvgIpc) is 2.56. The lowest BCUT2D eigenvalue weighted by Gasteiger charge is -2.32. The van der Waals surface area contributed by atoms with Crippen LogP contribution in [0.3, 0.4) is 0 Å². The Morgan fingerprint density at radius 2 is 1.81 bits per heavy atom. The van der Waals surface area contributed by atoms with Gasteiger partial charge in [0.2, 0.25) is 0 Å². The number of halogens is 3. The molecule has 0 N–H and O–H groups in total. The molecule has 3 rings (SSSR count). The van der Waals surface area contributed by atoms with Gasteiger partial charge in [-0.05, 0) is 50.0 Å². The van der Waals surface area contributed by atoms with Crippen LogP contribution in [0.1, 0.15) is 35.1 Å². The van der Waals surface area contributed by atoms with E-state index in [1.807, 2.05) is 37.6 Å². The molecule has 0 bridgehead atoms. The molecule has 0 fully saturated rings. The monoisotopic (exact) mass is 359 g/mol. The lowest BCUT2D eigenvalue weighted by molar-refractivity contribution is -0.133. The number of fused-ring (bicyclic) bond motifs is 1. The maximum absolute atomic E-state index is 12.5. The smallest absolute Gasteiger partial charge is 0.351 e. The highest BCUT2D eigenvalue weighted by atomic mass is 19.4. The van der Waals surface area contributed by atoms with Crippen molar-refractivity contribution in [3.8, 4) is 0 Å². The molecule has 0 saturated carbocycles. The lowest BCUT2D eigenvalue weighted by Crippen LogP contribution is -2.21. The molecule has 0 saturated heterocycles. The van der Waals surface area contributed by atoms with Crippen molar-refractivity contribution >= 4 is 5.70 Å². The van der Waals surface area contributed by atoms with Gasteiger partial charge in [-0.2, -0.15) is 13.2 Å². The molecule has 1 unspecified atom stereocenters. The van der Waals surface area contributed by atoms with Crippen molar-refractivity contribution < 1.29 is 13.2 Å². The maximum atomic E-state index is 12.5. The molecule has 0 aromatic heterocycles. The molecule has 0 amide bonds. The molecule has 1 aliphatic carbocycles. The summed E-state index contributed by atoms with van der Waals surface area (Å²) in [5.74, 6) is 0.0228. The molecule has 4 heteroatoms. The third kappa shape index (κ3) is 3.79. The van der Waals surface area contributed by atoms with Crippen molar-refractivity contribution in [1.82, 2.24) is 4.90 Å². The summed E-state index contributed by atoms with van der Waals surface area (Å²) in [6.45, 7) is 6.32. The number of hydrogen-bond donors (Lipinski definition) is 0. The van der Waals surface area contributed by atoms with Crippen LogP contribution >= 0.6 is 0 Å². The van der Waals surface area contributed by atoms with E-state index in [2.05, 4.69) is 37.8 Å². The van der Waals surface area contributed by atoms with Gasteiger partial charge >= 0.3 is 6.18 Å². The summed E-state index contributed by atoms with van der Waals surface area (Å²) >= 11 is 0. The first-order valence-electron chi connectivity index (χ1n) is 8.85. The number of benzene rings is 1. The summed E-state index contributed by atoms with van der Waals surface area (Å²) in [4.78, 5) is 2.10. The number of aryl methyl sites for hydroxylation is 2. The minimum atomic E-state index is -4.12. The Morgan fingerprint density at radius 3 is 2.50 bits per heavy atom. The summed E-state index contributed by atoms with van der Waals surface area (Å²) in [6.07, 6.45) is 4.99. The van der Waals surface area contributed by atoms with E-state index in [1.54, 1.807) is 0 Å². The normalized spacial score (nSPS) is 19.7. The van der Waals surface area contributed by atoms with Crippen molar-refractivity contribution in [3.63, 3.8) is 0 Å². The fourth-order valence-electron chi connectivity index (χ4n) is 3.66. The quantitative estimate of drug-likeness (QED) is 0.618. The predicted molar refractivity (Wildman–Crippen MR) is 100 cm³/mol. The van der Waals surface area contributed by atoms with Crippen LogP contribution in [0.2, 0.25) is 0 Å². The average molecular weight is 359 g/mol. The highest BCUT2D eigenvalue weighted by molar-refractivity contribution is 5.76. The summed E-state index contributed by atoms with van der Waals surface area (Å²) in [5.41, 5.74) is 7.89. The lowest BCUT2D eigenvalue weighted by atomic mass is 9.83. The highest BCUT2D eigenvalue weighted by Gasteiger charge is 2.28. The Balaban J connectivity index is 1.99. The number of rotatable bonds is 3. The number of nitrogens with zero attached hydrogens (tertiary/aromatic N) is 1. The third-order valence-electron chi connectivity index (χ3n) is 5.14. The van der Waals surface area contributed by atoms with Crippen LogP contribution in [-0.2, 0) is 0 Å². The van der Waals surface area contributed by atoms with Crippen LogP contribution in [0, 0.1) is 26.7 Å². The van der Waals surface area contributed by atoms with Gasteiger partial charge in [0, 0.05) is 31.1 Å². The first-order valence-corrected chi connectivity index (χ1v) is 8.85. The SMILES string of the molecule is Cc1cc(C)c(C)c(C2=C3C=CC(CCC(F)(F)F)=CC3C=CN2C)c1. The Labute approximate surface area is 153 Å². The molecule has 1 aromatic rings. The van der Waals surface area contributed by atoms with Crippen molar-refractivity contribution in [2.75, 3.05) is 7.05 Å². The van der Waals surface area contributed by atoms with Crippen LogP contribution in [0.5, 0.6) is 0 Å². The van der Waals surface area contributed by atoms with Gasteiger partial charge in [-0.1, -0.05) is 41.5 Å². The van der Waals surface area contributed by atoms with Crippen LogP contribution in [-0.4, -0.2) is 18.1 Å². The third-order valence-corrected chi connectivity index (χ3v) is 5.14. The zero-order valence-corrected chi connectivity index (χ0v) is 15.6. The standard InChI is InChI=1S/C22H24F3N/c1-14-11-15(2)16(3)20(12-14)21-19-6-5-17(7-9-22(23,24)25)13-18(19)8-10-26(21)4/h5-6,8,10-13,18H,7,9H2,1-4H3. The van der Waals surface area contributed by atoms with Gasteiger partial charge in [-0.15, -0.1) is 0 Å². The van der Waals surface area contributed by atoms with Gasteiger partial charge in [0.15, 0.2) is 0 Å². The fraction of sp³-hybridized carbons (Fsp3) is 0.364. The van der Waals surface area contributed by atoms with E-state index in [0.717, 1.165) is 16.8 Å². The van der Waals surface area contributed by atoms with E-state index in [4.69, 9.17) is 0 Å². The molecular formula is C22H24F3N. The largest absolute Gasteiger partial charge is 0.389 e. The molecule has 26 heavy (non-hydrogen) atoms. The highest BCUT2D eigenvalue weighted by Crippen LogP contribution is 2.39.